The highest BCUT2D eigenvalue weighted by atomic mass is 35.5. The average Bonchev–Trinajstić information content (AvgIpc) is 2.45. The predicted octanol–water partition coefficient (Wildman–Crippen LogP) is 4.88. The van der Waals surface area contributed by atoms with Crippen LogP contribution in [0.4, 0.5) is 8.78 Å². The Hall–Kier alpha value is -1.36. The van der Waals surface area contributed by atoms with Crippen molar-refractivity contribution < 1.29 is 13.5 Å². The first-order valence-corrected chi connectivity index (χ1v) is 6.99. The molecule has 0 aliphatic carbocycles. The van der Waals surface area contributed by atoms with Crippen LogP contribution in [0.25, 0.3) is 0 Å². The molecule has 0 fully saturated rings. The Bertz CT molecular complexity index is 591. The van der Waals surface area contributed by atoms with E-state index in [4.69, 9.17) is 23.2 Å². The molecule has 0 radical (unpaired) electrons. The van der Waals surface area contributed by atoms with Crippen molar-refractivity contribution in [2.45, 2.75) is 19.7 Å². The van der Waals surface area contributed by atoms with Crippen molar-refractivity contribution in [3.8, 4) is 5.75 Å². The van der Waals surface area contributed by atoms with Gasteiger partial charge in [-0.05, 0) is 29.3 Å². The van der Waals surface area contributed by atoms with Crippen molar-refractivity contribution >= 4 is 23.2 Å². The maximum atomic E-state index is 12.0. The summed E-state index contributed by atoms with van der Waals surface area (Å²) in [5.41, 5.74) is 1.86. The van der Waals surface area contributed by atoms with E-state index in [0.717, 1.165) is 11.1 Å². The fraction of sp³-hybridized carbons (Fsp3) is 0.200. The largest absolute Gasteiger partial charge is 0.435 e. The number of benzene rings is 2. The number of ether oxygens (including phenoxy) is 1. The molecule has 6 heteroatoms. The Morgan fingerprint density at radius 3 is 2.38 bits per heavy atom. The summed E-state index contributed by atoms with van der Waals surface area (Å²) in [5.74, 6) is 0.145. The summed E-state index contributed by atoms with van der Waals surface area (Å²) >= 11 is 12.0. The lowest BCUT2D eigenvalue weighted by atomic mass is 10.2. The molecule has 0 aliphatic rings. The molecule has 21 heavy (non-hydrogen) atoms. The molecule has 2 aromatic rings. The Morgan fingerprint density at radius 2 is 1.71 bits per heavy atom. The van der Waals surface area contributed by atoms with Crippen LogP contribution in [-0.2, 0) is 13.1 Å². The van der Waals surface area contributed by atoms with Gasteiger partial charge in [-0.15, -0.1) is 0 Å². The minimum Gasteiger partial charge on any atom is -0.435 e. The second-order valence-electron chi connectivity index (χ2n) is 4.34. The van der Waals surface area contributed by atoms with E-state index in [2.05, 4.69) is 10.1 Å². The van der Waals surface area contributed by atoms with E-state index in [1.807, 2.05) is 12.1 Å². The minimum atomic E-state index is -2.81. The van der Waals surface area contributed by atoms with E-state index in [1.54, 1.807) is 18.2 Å². The number of hydrogen-bond donors (Lipinski definition) is 1. The van der Waals surface area contributed by atoms with Crippen molar-refractivity contribution in [1.29, 1.82) is 0 Å². The van der Waals surface area contributed by atoms with Crippen LogP contribution in [0.3, 0.4) is 0 Å². The molecule has 0 atom stereocenters. The van der Waals surface area contributed by atoms with Crippen LogP contribution in [0.5, 0.6) is 5.75 Å². The van der Waals surface area contributed by atoms with Crippen molar-refractivity contribution in [2.24, 2.45) is 0 Å². The molecule has 1 N–H and O–H groups in total. The van der Waals surface area contributed by atoms with Crippen LogP contribution in [0, 0.1) is 0 Å². The maximum absolute atomic E-state index is 12.0. The number of alkyl halides is 2. The van der Waals surface area contributed by atoms with E-state index in [9.17, 15) is 8.78 Å². The second-order valence-corrected chi connectivity index (χ2v) is 5.12. The topological polar surface area (TPSA) is 21.3 Å². The quantitative estimate of drug-likeness (QED) is 0.814. The van der Waals surface area contributed by atoms with Crippen LogP contribution in [-0.4, -0.2) is 6.61 Å². The van der Waals surface area contributed by atoms with E-state index in [-0.39, 0.29) is 5.75 Å². The van der Waals surface area contributed by atoms with Gasteiger partial charge >= 0.3 is 6.61 Å². The molecule has 2 aromatic carbocycles. The summed E-state index contributed by atoms with van der Waals surface area (Å²) in [6.07, 6.45) is 0. The third-order valence-electron chi connectivity index (χ3n) is 2.82. The van der Waals surface area contributed by atoms with Gasteiger partial charge < -0.3 is 10.1 Å². The second kappa shape index (κ2) is 7.59. The monoisotopic (exact) mass is 331 g/mol. The summed E-state index contributed by atoms with van der Waals surface area (Å²) in [6.45, 7) is -1.66. The van der Waals surface area contributed by atoms with E-state index < -0.39 is 6.61 Å². The molecule has 0 aliphatic heterocycles. The van der Waals surface area contributed by atoms with Crippen LogP contribution in [0.1, 0.15) is 11.1 Å². The van der Waals surface area contributed by atoms with Gasteiger partial charge in [-0.1, -0.05) is 47.5 Å². The highest BCUT2D eigenvalue weighted by molar-refractivity contribution is 6.42. The van der Waals surface area contributed by atoms with E-state index in [1.165, 1.54) is 12.1 Å². The molecular weight excluding hydrogens is 319 g/mol. The van der Waals surface area contributed by atoms with Gasteiger partial charge in [0, 0.05) is 13.1 Å². The zero-order valence-corrected chi connectivity index (χ0v) is 12.5. The number of nitrogens with one attached hydrogen (secondary N) is 1. The average molecular weight is 332 g/mol. The summed E-state index contributed by atoms with van der Waals surface area (Å²) < 4.78 is 28.3. The molecule has 0 saturated carbocycles. The smallest absolute Gasteiger partial charge is 0.387 e. The molecule has 2 rings (SSSR count). The van der Waals surface area contributed by atoms with Gasteiger partial charge in [0.2, 0.25) is 0 Å². The third-order valence-corrected chi connectivity index (χ3v) is 3.68. The van der Waals surface area contributed by atoms with Crippen molar-refractivity contribution in [1.82, 2.24) is 5.32 Å². The zero-order chi connectivity index (χ0) is 15.2. The fourth-order valence-corrected chi connectivity index (χ4v) is 2.20. The highest BCUT2D eigenvalue weighted by Crippen LogP contribution is 2.25. The summed E-state index contributed by atoms with van der Waals surface area (Å²) in [4.78, 5) is 0. The fourth-order valence-electron chi connectivity index (χ4n) is 1.82. The van der Waals surface area contributed by atoms with Gasteiger partial charge in [0.05, 0.1) is 10.0 Å². The molecule has 0 spiro atoms. The Labute approximate surface area is 131 Å². The van der Waals surface area contributed by atoms with Crippen molar-refractivity contribution in [3.05, 3.63) is 63.6 Å². The van der Waals surface area contributed by atoms with Gasteiger partial charge in [-0.25, -0.2) is 0 Å². The lowest BCUT2D eigenvalue weighted by Crippen LogP contribution is -2.13. The third kappa shape index (κ3) is 4.84. The molecular formula is C15H13Cl2F2NO. The lowest BCUT2D eigenvalue weighted by molar-refractivity contribution is -0.0498. The SMILES string of the molecule is FC(F)Oc1ccc(CNCc2cccc(Cl)c2Cl)cc1. The molecule has 2 nitrogen and oxygen atoms in total. The Morgan fingerprint density at radius 1 is 1.00 bits per heavy atom. The summed E-state index contributed by atoms with van der Waals surface area (Å²) in [7, 11) is 0. The van der Waals surface area contributed by atoms with Crippen LogP contribution in [0.15, 0.2) is 42.5 Å². The molecule has 0 aromatic heterocycles. The lowest BCUT2D eigenvalue weighted by Gasteiger charge is -2.09. The predicted molar refractivity (Wildman–Crippen MR) is 80.1 cm³/mol. The zero-order valence-electron chi connectivity index (χ0n) is 11.0. The first-order chi connectivity index (χ1) is 10.1. The van der Waals surface area contributed by atoms with Crippen LogP contribution >= 0.6 is 23.2 Å². The molecule has 0 saturated heterocycles. The number of hydrogen-bond acceptors (Lipinski definition) is 2. The maximum Gasteiger partial charge on any atom is 0.387 e. The number of rotatable bonds is 6. The van der Waals surface area contributed by atoms with Gasteiger partial charge in [-0.3, -0.25) is 0 Å². The van der Waals surface area contributed by atoms with Gasteiger partial charge in [-0.2, -0.15) is 8.78 Å². The highest BCUT2D eigenvalue weighted by Gasteiger charge is 2.05. The van der Waals surface area contributed by atoms with Gasteiger partial charge in [0.15, 0.2) is 0 Å². The van der Waals surface area contributed by atoms with Crippen LogP contribution < -0.4 is 10.1 Å². The molecule has 0 bridgehead atoms. The molecule has 0 unspecified atom stereocenters. The first-order valence-electron chi connectivity index (χ1n) is 6.23. The van der Waals surface area contributed by atoms with E-state index in [0.29, 0.717) is 23.1 Å². The van der Waals surface area contributed by atoms with Gasteiger partial charge in [0.1, 0.15) is 5.75 Å². The van der Waals surface area contributed by atoms with Crippen molar-refractivity contribution in [3.63, 3.8) is 0 Å². The Balaban J connectivity index is 1.87. The standard InChI is InChI=1S/C15H13Cl2F2NO/c16-13-3-1-2-11(14(13)17)9-20-8-10-4-6-12(7-5-10)21-15(18)19/h1-7,15,20H,8-9H2. The van der Waals surface area contributed by atoms with Crippen molar-refractivity contribution in [2.75, 3.05) is 0 Å². The summed E-state index contributed by atoms with van der Waals surface area (Å²) in [6, 6.07) is 11.9. The summed E-state index contributed by atoms with van der Waals surface area (Å²) in [5, 5.41) is 4.27. The molecule has 0 amide bonds. The van der Waals surface area contributed by atoms with Crippen LogP contribution in [0.2, 0.25) is 10.0 Å². The minimum absolute atomic E-state index is 0.145. The molecule has 112 valence electrons. The van der Waals surface area contributed by atoms with E-state index >= 15 is 0 Å². The normalized spacial score (nSPS) is 10.9. The Kier molecular flexibility index (Phi) is 5.79. The molecule has 0 heterocycles. The first kappa shape index (κ1) is 16.0. The number of halogens is 4. The van der Waals surface area contributed by atoms with Gasteiger partial charge in [0.25, 0.3) is 0 Å².